The molecule has 0 spiro atoms. The number of hydrogen-bond acceptors (Lipinski definition) is 4. The van der Waals surface area contributed by atoms with Gasteiger partial charge in [-0.1, -0.05) is 60.7 Å². The van der Waals surface area contributed by atoms with Gasteiger partial charge in [0.25, 0.3) is 0 Å². The van der Waals surface area contributed by atoms with Crippen molar-refractivity contribution in [3.63, 3.8) is 0 Å². The summed E-state index contributed by atoms with van der Waals surface area (Å²) in [5, 5.41) is 7.76. The molecule has 0 aliphatic carbocycles. The zero-order chi connectivity index (χ0) is 21.5. The molecule has 0 saturated carbocycles. The summed E-state index contributed by atoms with van der Waals surface area (Å²) in [6.45, 7) is 7.86. The fourth-order valence-corrected chi connectivity index (χ4v) is 5.01. The minimum absolute atomic E-state index is 0.275. The first-order valence-electron chi connectivity index (χ1n) is 10.9. The van der Waals surface area contributed by atoms with Crippen LogP contribution < -0.4 is 5.32 Å². The molecule has 4 rings (SSSR count). The van der Waals surface area contributed by atoms with Gasteiger partial charge in [0.15, 0.2) is 5.11 Å². The maximum atomic E-state index is 5.81. The molecule has 0 amide bonds. The quantitative estimate of drug-likeness (QED) is 0.552. The maximum Gasteiger partial charge on any atom is 0.169 e. The van der Waals surface area contributed by atoms with Gasteiger partial charge in [-0.3, -0.25) is 4.90 Å². The third-order valence-electron chi connectivity index (χ3n) is 5.79. The Morgan fingerprint density at radius 1 is 1.00 bits per heavy atom. The number of benzene rings is 2. The van der Waals surface area contributed by atoms with E-state index in [1.54, 1.807) is 11.3 Å². The van der Waals surface area contributed by atoms with E-state index >= 15 is 0 Å². The van der Waals surface area contributed by atoms with Crippen LogP contribution in [0.3, 0.4) is 0 Å². The largest absolute Gasteiger partial charge is 0.362 e. The molecule has 1 saturated heterocycles. The molecule has 1 aromatic heterocycles. The van der Waals surface area contributed by atoms with Crippen LogP contribution in [0.5, 0.6) is 0 Å². The lowest BCUT2D eigenvalue weighted by molar-refractivity contribution is 0.275. The van der Waals surface area contributed by atoms with E-state index in [1.165, 1.54) is 16.8 Å². The van der Waals surface area contributed by atoms with Crippen LogP contribution >= 0.6 is 23.6 Å². The van der Waals surface area contributed by atoms with Crippen molar-refractivity contribution in [3.8, 4) is 0 Å². The molecule has 1 fully saturated rings. The zero-order valence-electron chi connectivity index (χ0n) is 18.0. The smallest absolute Gasteiger partial charge is 0.169 e. The third-order valence-corrected chi connectivity index (χ3v) is 7.01. The van der Waals surface area contributed by atoms with Crippen LogP contribution in [-0.2, 0) is 6.54 Å². The highest BCUT2D eigenvalue weighted by atomic mass is 32.1. The van der Waals surface area contributed by atoms with E-state index in [0.717, 1.165) is 55.8 Å². The number of thiazole rings is 1. The second-order valence-electron chi connectivity index (χ2n) is 8.03. The predicted molar refractivity (Wildman–Crippen MR) is 134 cm³/mol. The van der Waals surface area contributed by atoms with E-state index < -0.39 is 0 Å². The Morgan fingerprint density at radius 2 is 1.68 bits per heavy atom. The molecule has 4 nitrogen and oxygen atoms in total. The van der Waals surface area contributed by atoms with Crippen molar-refractivity contribution in [2.75, 3.05) is 32.7 Å². The molecule has 1 aliphatic rings. The summed E-state index contributed by atoms with van der Waals surface area (Å²) in [4.78, 5) is 9.44. The number of aromatic nitrogens is 1. The first kappa shape index (κ1) is 21.9. The standard InChI is InChI=1S/C25H30N4S2/c1-20-27-23(19-31-20)18-28-13-8-14-29(16-15-28)25(30)26-17-24(21-9-4-2-5-10-21)22-11-6-3-7-12-22/h2-7,9-12,19,24H,8,13-18H2,1H3,(H,26,30). The molecule has 0 radical (unpaired) electrons. The van der Waals surface area contributed by atoms with Crippen molar-refractivity contribution in [1.29, 1.82) is 0 Å². The number of rotatable bonds is 6. The van der Waals surface area contributed by atoms with Gasteiger partial charge in [0, 0.05) is 50.6 Å². The third kappa shape index (κ3) is 6.12. The topological polar surface area (TPSA) is 31.4 Å². The summed E-state index contributed by atoms with van der Waals surface area (Å²) in [7, 11) is 0. The number of nitrogens with zero attached hydrogens (tertiary/aromatic N) is 3. The summed E-state index contributed by atoms with van der Waals surface area (Å²) in [6, 6.07) is 21.4. The molecule has 0 bridgehead atoms. The lowest BCUT2D eigenvalue weighted by Crippen LogP contribution is -2.43. The summed E-state index contributed by atoms with van der Waals surface area (Å²) in [5.74, 6) is 0.275. The van der Waals surface area contributed by atoms with Gasteiger partial charge in [0.05, 0.1) is 10.7 Å². The van der Waals surface area contributed by atoms with Crippen LogP contribution in [-0.4, -0.2) is 52.6 Å². The van der Waals surface area contributed by atoms with Gasteiger partial charge >= 0.3 is 0 Å². The van der Waals surface area contributed by atoms with Crippen LogP contribution in [0.25, 0.3) is 0 Å². The molecule has 3 aromatic rings. The molecule has 0 atom stereocenters. The summed E-state index contributed by atoms with van der Waals surface area (Å²) >= 11 is 7.54. The van der Waals surface area contributed by atoms with Gasteiger partial charge in [0.1, 0.15) is 0 Å². The molecule has 1 N–H and O–H groups in total. The Hall–Kier alpha value is -2.28. The summed E-state index contributed by atoms with van der Waals surface area (Å²) in [6.07, 6.45) is 1.12. The first-order chi connectivity index (χ1) is 15.2. The average Bonchev–Trinajstić information content (AvgIpc) is 3.06. The normalized spacial score (nSPS) is 15.1. The van der Waals surface area contributed by atoms with Crippen LogP contribution in [0, 0.1) is 6.92 Å². The Morgan fingerprint density at radius 3 is 2.29 bits per heavy atom. The van der Waals surface area contributed by atoms with Gasteiger partial charge in [0.2, 0.25) is 0 Å². The van der Waals surface area contributed by atoms with Gasteiger partial charge in [-0.25, -0.2) is 4.98 Å². The number of nitrogens with one attached hydrogen (secondary N) is 1. The molecule has 162 valence electrons. The van der Waals surface area contributed by atoms with Crippen LogP contribution in [0.15, 0.2) is 66.0 Å². The van der Waals surface area contributed by atoms with Crippen molar-refractivity contribution < 1.29 is 0 Å². The van der Waals surface area contributed by atoms with Crippen molar-refractivity contribution in [2.24, 2.45) is 0 Å². The van der Waals surface area contributed by atoms with E-state index in [-0.39, 0.29) is 5.92 Å². The second kappa shape index (κ2) is 10.8. The molecule has 0 unspecified atom stereocenters. The van der Waals surface area contributed by atoms with Crippen LogP contribution in [0.4, 0.5) is 0 Å². The van der Waals surface area contributed by atoms with E-state index in [2.05, 4.69) is 93.1 Å². The SMILES string of the molecule is Cc1nc(CN2CCCN(C(=S)NCC(c3ccccc3)c3ccccc3)CC2)cs1. The van der Waals surface area contributed by atoms with E-state index in [1.807, 2.05) is 0 Å². The number of aryl methyl sites for hydroxylation is 1. The Balaban J connectivity index is 1.34. The maximum absolute atomic E-state index is 5.81. The molecule has 1 aliphatic heterocycles. The highest BCUT2D eigenvalue weighted by Gasteiger charge is 2.19. The van der Waals surface area contributed by atoms with Crippen molar-refractivity contribution in [2.45, 2.75) is 25.8 Å². The Bertz CT molecular complexity index is 918. The second-order valence-corrected chi connectivity index (χ2v) is 9.48. The van der Waals surface area contributed by atoms with Gasteiger partial charge in [-0.2, -0.15) is 0 Å². The van der Waals surface area contributed by atoms with Gasteiger partial charge in [-0.15, -0.1) is 11.3 Å². The van der Waals surface area contributed by atoms with Gasteiger partial charge in [-0.05, 0) is 36.7 Å². The van der Waals surface area contributed by atoms with Gasteiger partial charge < -0.3 is 10.2 Å². The van der Waals surface area contributed by atoms with E-state index in [9.17, 15) is 0 Å². The average molecular weight is 451 g/mol. The molecular formula is C25H30N4S2. The fourth-order valence-electron chi connectivity index (χ4n) is 4.14. The summed E-state index contributed by atoms with van der Waals surface area (Å²) in [5.41, 5.74) is 3.81. The highest BCUT2D eigenvalue weighted by Crippen LogP contribution is 2.24. The van der Waals surface area contributed by atoms with Crippen molar-refractivity contribution >= 4 is 28.7 Å². The number of thiocarbonyl (C=S) groups is 1. The highest BCUT2D eigenvalue weighted by molar-refractivity contribution is 7.80. The molecule has 6 heteroatoms. The monoisotopic (exact) mass is 450 g/mol. The van der Waals surface area contributed by atoms with Crippen molar-refractivity contribution in [3.05, 3.63) is 87.9 Å². The van der Waals surface area contributed by atoms with Crippen LogP contribution in [0.2, 0.25) is 0 Å². The van der Waals surface area contributed by atoms with Crippen LogP contribution in [0.1, 0.15) is 34.2 Å². The first-order valence-corrected chi connectivity index (χ1v) is 12.2. The predicted octanol–water partition coefficient (Wildman–Crippen LogP) is 4.67. The molecule has 31 heavy (non-hydrogen) atoms. The Kier molecular flexibility index (Phi) is 7.67. The molecular weight excluding hydrogens is 420 g/mol. The fraction of sp³-hybridized carbons (Fsp3) is 0.360. The molecule has 2 heterocycles. The number of hydrogen-bond donors (Lipinski definition) is 1. The van der Waals surface area contributed by atoms with E-state index in [4.69, 9.17) is 12.2 Å². The van der Waals surface area contributed by atoms with Crippen molar-refractivity contribution in [1.82, 2.24) is 20.1 Å². The minimum Gasteiger partial charge on any atom is -0.362 e. The minimum atomic E-state index is 0.275. The lowest BCUT2D eigenvalue weighted by Gasteiger charge is -2.27. The summed E-state index contributed by atoms with van der Waals surface area (Å²) < 4.78 is 0. The lowest BCUT2D eigenvalue weighted by atomic mass is 9.91. The molecule has 2 aromatic carbocycles. The zero-order valence-corrected chi connectivity index (χ0v) is 19.7. The van der Waals surface area contributed by atoms with E-state index in [0.29, 0.717) is 0 Å². The Labute approximate surface area is 194 Å².